The number of carbonyl (C=O) groups excluding carboxylic acids is 2. The van der Waals surface area contributed by atoms with E-state index in [1.54, 1.807) is 0 Å². The number of nitrogens with zero attached hydrogens (tertiary/aromatic N) is 8. The van der Waals surface area contributed by atoms with Crippen molar-refractivity contribution < 1.29 is 19.5 Å². The molecular weight excluding hydrogens is 564 g/mol. The summed E-state index contributed by atoms with van der Waals surface area (Å²) < 4.78 is 0. The third-order valence-corrected chi connectivity index (χ3v) is 8.14. The molecule has 0 bridgehead atoms. The van der Waals surface area contributed by atoms with Gasteiger partial charge in [-0.1, -0.05) is 0 Å². The van der Waals surface area contributed by atoms with Gasteiger partial charge in [-0.25, -0.2) is 4.79 Å². The first kappa shape index (κ1) is 32.7. The minimum atomic E-state index is -1.05. The summed E-state index contributed by atoms with van der Waals surface area (Å²) in [6.45, 7) is 5.54. The lowest BCUT2D eigenvalue weighted by Crippen LogP contribution is -2.48. The van der Waals surface area contributed by atoms with E-state index in [0.717, 1.165) is 13.3 Å². The average molecular weight is 615 g/mol. The number of hydrogen-bond donors (Lipinski definition) is 3. The van der Waals surface area contributed by atoms with Gasteiger partial charge in [0.1, 0.15) is 6.04 Å². The Hall–Kier alpha value is -4.23. The fraction of sp³-hybridized carbons (Fsp3) is 0.633. The number of hydrogen-bond acceptors (Lipinski definition) is 11. The van der Waals surface area contributed by atoms with Gasteiger partial charge in [0, 0.05) is 111 Å². The SMILES string of the molecule is CN1C=CN(CC(CN2C=CN(C)C2)C(=O)NCCCCC(NC(=O)C(CN2C=CN(C)C2)CN2C=CN(C)C2)C(=O)O)C1. The van der Waals surface area contributed by atoms with Crippen molar-refractivity contribution in [1.29, 1.82) is 0 Å². The maximum Gasteiger partial charge on any atom is 0.326 e. The third-order valence-electron chi connectivity index (χ3n) is 8.14. The van der Waals surface area contributed by atoms with E-state index in [4.69, 9.17) is 0 Å². The molecule has 2 amide bonds. The summed E-state index contributed by atoms with van der Waals surface area (Å²) in [6, 6.07) is -0.986. The highest BCUT2D eigenvalue weighted by Crippen LogP contribution is 2.15. The summed E-state index contributed by atoms with van der Waals surface area (Å²) in [5, 5.41) is 15.8. The second-order valence-electron chi connectivity index (χ2n) is 12.5. The molecule has 0 radical (unpaired) electrons. The number of carboxylic acid groups (broad SMARTS) is 1. The number of aliphatic carboxylic acids is 1. The average Bonchev–Trinajstić information content (AvgIpc) is 3.77. The second kappa shape index (κ2) is 15.5. The van der Waals surface area contributed by atoms with Gasteiger partial charge in [0.25, 0.3) is 0 Å². The van der Waals surface area contributed by atoms with Crippen LogP contribution in [0.4, 0.5) is 0 Å². The Kier molecular flexibility index (Phi) is 11.5. The van der Waals surface area contributed by atoms with E-state index >= 15 is 0 Å². The third kappa shape index (κ3) is 9.91. The minimum Gasteiger partial charge on any atom is -0.480 e. The summed E-state index contributed by atoms with van der Waals surface area (Å²) in [6.07, 6.45) is 17.3. The van der Waals surface area contributed by atoms with Gasteiger partial charge in [0.15, 0.2) is 0 Å². The van der Waals surface area contributed by atoms with Crippen LogP contribution < -0.4 is 10.6 Å². The molecule has 0 aliphatic carbocycles. The quantitative estimate of drug-likeness (QED) is 0.188. The molecule has 4 aliphatic rings. The Labute approximate surface area is 261 Å². The number of rotatable bonds is 17. The molecule has 4 aliphatic heterocycles. The number of carboxylic acids is 1. The van der Waals surface area contributed by atoms with E-state index in [9.17, 15) is 19.5 Å². The van der Waals surface area contributed by atoms with Crippen molar-refractivity contribution >= 4 is 17.8 Å². The first-order valence-corrected chi connectivity index (χ1v) is 15.4. The molecule has 0 aromatic rings. The lowest BCUT2D eigenvalue weighted by molar-refractivity contribution is -0.143. The standard InChI is InChI=1S/C30H50N10O4/c1-33-9-13-37(21-33)17-25(18-38-14-10-34(2)22-38)28(41)31-8-6-5-7-27(30(43)44)32-29(42)26(19-39-15-11-35(3)23-39)20-40-16-12-36(4)24-40/h9-16,25-27H,5-8,17-24H2,1-4H3,(H,31,41)(H,32,42)(H,43,44). The van der Waals surface area contributed by atoms with E-state index in [-0.39, 0.29) is 17.7 Å². The van der Waals surface area contributed by atoms with E-state index in [1.807, 2.05) is 87.6 Å². The molecule has 0 spiro atoms. The molecule has 1 atom stereocenters. The number of amides is 2. The zero-order valence-electron chi connectivity index (χ0n) is 26.6. The topological polar surface area (TPSA) is 121 Å². The van der Waals surface area contributed by atoms with Crippen LogP contribution in [0.25, 0.3) is 0 Å². The maximum atomic E-state index is 13.4. The lowest BCUT2D eigenvalue weighted by Gasteiger charge is -2.29. The number of nitrogens with one attached hydrogen (secondary N) is 2. The van der Waals surface area contributed by atoms with Crippen molar-refractivity contribution in [3.8, 4) is 0 Å². The molecule has 0 aromatic carbocycles. The zero-order valence-corrected chi connectivity index (χ0v) is 26.6. The molecule has 4 heterocycles. The van der Waals surface area contributed by atoms with Crippen molar-refractivity contribution in [3.05, 3.63) is 49.6 Å². The largest absolute Gasteiger partial charge is 0.480 e. The molecule has 14 nitrogen and oxygen atoms in total. The Morgan fingerprint density at radius 3 is 1.34 bits per heavy atom. The molecule has 3 N–H and O–H groups in total. The first-order chi connectivity index (χ1) is 21.0. The molecule has 0 saturated heterocycles. The summed E-state index contributed by atoms with van der Waals surface area (Å²) in [7, 11) is 7.95. The van der Waals surface area contributed by atoms with Gasteiger partial charge in [-0.05, 0) is 19.3 Å². The van der Waals surface area contributed by atoms with Crippen molar-refractivity contribution in [3.63, 3.8) is 0 Å². The van der Waals surface area contributed by atoms with E-state index < -0.39 is 17.9 Å². The Bertz CT molecular complexity index is 1060. The van der Waals surface area contributed by atoms with Gasteiger partial charge < -0.3 is 54.9 Å². The summed E-state index contributed by atoms with van der Waals surface area (Å²) in [4.78, 5) is 55.3. The molecule has 14 heteroatoms. The van der Waals surface area contributed by atoms with Gasteiger partial charge in [-0.3, -0.25) is 9.59 Å². The van der Waals surface area contributed by atoms with Crippen molar-refractivity contribution in [2.75, 3.05) is 87.6 Å². The summed E-state index contributed by atoms with van der Waals surface area (Å²) in [5.41, 5.74) is 0. The Morgan fingerprint density at radius 2 is 1.00 bits per heavy atom. The highest BCUT2D eigenvalue weighted by Gasteiger charge is 2.30. The van der Waals surface area contributed by atoms with Crippen LogP contribution >= 0.6 is 0 Å². The van der Waals surface area contributed by atoms with Gasteiger partial charge in [-0.15, -0.1) is 0 Å². The molecule has 1 unspecified atom stereocenters. The fourth-order valence-electron chi connectivity index (χ4n) is 5.79. The first-order valence-electron chi connectivity index (χ1n) is 15.4. The van der Waals surface area contributed by atoms with Crippen LogP contribution in [0.3, 0.4) is 0 Å². The maximum absolute atomic E-state index is 13.4. The summed E-state index contributed by atoms with van der Waals surface area (Å²) in [5.74, 6) is -1.94. The molecular formula is C30H50N10O4. The second-order valence-corrected chi connectivity index (χ2v) is 12.5. The minimum absolute atomic E-state index is 0.00921. The molecule has 0 aromatic heterocycles. The molecule has 44 heavy (non-hydrogen) atoms. The predicted molar refractivity (Wildman–Crippen MR) is 167 cm³/mol. The normalized spacial score (nSPS) is 18.3. The molecule has 4 rings (SSSR count). The molecule has 0 fully saturated rings. The van der Waals surface area contributed by atoms with Crippen LogP contribution in [0.15, 0.2) is 49.6 Å². The highest BCUT2D eigenvalue weighted by molar-refractivity contribution is 5.85. The van der Waals surface area contributed by atoms with E-state index in [1.165, 1.54) is 0 Å². The van der Waals surface area contributed by atoms with Crippen molar-refractivity contribution in [1.82, 2.24) is 49.8 Å². The van der Waals surface area contributed by atoms with Crippen LogP contribution in [0.2, 0.25) is 0 Å². The molecule has 0 saturated carbocycles. The predicted octanol–water partition coefficient (Wildman–Crippen LogP) is -0.221. The van der Waals surface area contributed by atoms with Crippen molar-refractivity contribution in [2.45, 2.75) is 25.3 Å². The summed E-state index contributed by atoms with van der Waals surface area (Å²) >= 11 is 0. The van der Waals surface area contributed by atoms with Crippen LogP contribution in [-0.4, -0.2) is 156 Å². The monoisotopic (exact) mass is 614 g/mol. The van der Waals surface area contributed by atoms with Gasteiger partial charge in [-0.2, -0.15) is 0 Å². The highest BCUT2D eigenvalue weighted by atomic mass is 16.4. The van der Waals surface area contributed by atoms with Crippen LogP contribution in [-0.2, 0) is 14.4 Å². The lowest BCUT2D eigenvalue weighted by atomic mass is 10.0. The number of carbonyl (C=O) groups is 3. The van der Waals surface area contributed by atoms with Gasteiger partial charge in [0.05, 0.1) is 38.5 Å². The van der Waals surface area contributed by atoms with Gasteiger partial charge >= 0.3 is 5.97 Å². The fourth-order valence-corrected chi connectivity index (χ4v) is 5.79. The molecule has 244 valence electrons. The van der Waals surface area contributed by atoms with E-state index in [0.29, 0.717) is 65.3 Å². The zero-order chi connectivity index (χ0) is 31.6. The van der Waals surface area contributed by atoms with E-state index in [2.05, 4.69) is 40.0 Å². The smallest absolute Gasteiger partial charge is 0.326 e. The van der Waals surface area contributed by atoms with Crippen molar-refractivity contribution in [2.24, 2.45) is 11.8 Å². The number of unbranched alkanes of at least 4 members (excludes halogenated alkanes) is 1. The Morgan fingerprint density at radius 1 is 0.614 bits per heavy atom. The van der Waals surface area contributed by atoms with Gasteiger partial charge in [0.2, 0.25) is 11.8 Å². The van der Waals surface area contributed by atoms with Crippen LogP contribution in [0.1, 0.15) is 19.3 Å². The Balaban J connectivity index is 1.24. The van der Waals surface area contributed by atoms with Crippen LogP contribution in [0.5, 0.6) is 0 Å². The van der Waals surface area contributed by atoms with Crippen LogP contribution in [0, 0.1) is 11.8 Å².